The lowest BCUT2D eigenvalue weighted by atomic mass is 10.0. The maximum Gasteiger partial charge on any atom is 0.330 e. The van der Waals surface area contributed by atoms with E-state index >= 15 is 0 Å². The summed E-state index contributed by atoms with van der Waals surface area (Å²) in [7, 11) is 0. The van der Waals surface area contributed by atoms with Crippen molar-refractivity contribution in [1.29, 1.82) is 0 Å². The number of aromatic nitrogens is 2. The van der Waals surface area contributed by atoms with Crippen LogP contribution in [-0.2, 0) is 4.74 Å². The minimum absolute atomic E-state index is 0.0289. The lowest BCUT2D eigenvalue weighted by Gasteiger charge is -2.17. The molecule has 3 atom stereocenters. The summed E-state index contributed by atoms with van der Waals surface area (Å²) >= 11 is 0. The summed E-state index contributed by atoms with van der Waals surface area (Å²) in [5, 5.41) is 8.86. The van der Waals surface area contributed by atoms with Crippen LogP contribution < -0.4 is 11.2 Å². The first-order valence-corrected chi connectivity index (χ1v) is 5.69. The first-order valence-electron chi connectivity index (χ1n) is 5.69. The molecule has 6 heteroatoms. The molecule has 1 aliphatic rings. The average molecular weight is 240 g/mol. The Bertz CT molecular complexity index is 493. The van der Waals surface area contributed by atoms with Gasteiger partial charge < -0.3 is 9.84 Å². The van der Waals surface area contributed by atoms with Crippen LogP contribution in [0.4, 0.5) is 0 Å². The second-order valence-corrected chi connectivity index (χ2v) is 4.39. The van der Waals surface area contributed by atoms with E-state index in [2.05, 4.69) is 4.98 Å². The van der Waals surface area contributed by atoms with Crippen molar-refractivity contribution in [3.05, 3.63) is 33.1 Å². The molecule has 0 aromatic carbocycles. The van der Waals surface area contributed by atoms with Crippen LogP contribution in [0.2, 0.25) is 0 Å². The second-order valence-electron chi connectivity index (χ2n) is 4.39. The molecule has 0 amide bonds. The highest BCUT2D eigenvalue weighted by atomic mass is 16.5. The summed E-state index contributed by atoms with van der Waals surface area (Å²) in [6.45, 7) is 2.06. The molecule has 0 saturated carbocycles. The number of hydrogen-bond acceptors (Lipinski definition) is 4. The predicted octanol–water partition coefficient (Wildman–Crippen LogP) is -0.157. The smallest absolute Gasteiger partial charge is 0.330 e. The minimum Gasteiger partial charge on any atom is -0.396 e. The van der Waals surface area contributed by atoms with E-state index in [1.807, 2.05) is 6.92 Å². The molecule has 0 radical (unpaired) electrons. The number of aromatic amines is 1. The highest BCUT2D eigenvalue weighted by molar-refractivity contribution is 4.87. The van der Waals surface area contributed by atoms with Crippen molar-refractivity contribution in [2.45, 2.75) is 32.1 Å². The first-order chi connectivity index (χ1) is 8.11. The lowest BCUT2D eigenvalue weighted by molar-refractivity contribution is -0.0211. The van der Waals surface area contributed by atoms with Crippen LogP contribution in [0.3, 0.4) is 0 Å². The highest BCUT2D eigenvalue weighted by Crippen LogP contribution is 2.34. The maximum atomic E-state index is 11.6. The van der Waals surface area contributed by atoms with Gasteiger partial charge in [-0.05, 0) is 12.8 Å². The normalized spacial score (nSPS) is 28.5. The van der Waals surface area contributed by atoms with Crippen LogP contribution in [0.1, 0.15) is 26.0 Å². The SMILES string of the molecule is CC1CC(CCO)OC1n1ccc(=O)[nH]c1=O. The second kappa shape index (κ2) is 4.85. The van der Waals surface area contributed by atoms with Gasteiger partial charge in [0.05, 0.1) is 6.10 Å². The Morgan fingerprint density at radius 3 is 3.00 bits per heavy atom. The molecular formula is C11H16N2O4. The summed E-state index contributed by atoms with van der Waals surface area (Å²) in [6, 6.07) is 1.30. The van der Waals surface area contributed by atoms with E-state index in [9.17, 15) is 9.59 Å². The third-order valence-corrected chi connectivity index (χ3v) is 3.03. The van der Waals surface area contributed by atoms with E-state index in [-0.39, 0.29) is 24.9 Å². The summed E-state index contributed by atoms with van der Waals surface area (Å²) in [5.41, 5.74) is -0.872. The molecule has 2 heterocycles. The van der Waals surface area contributed by atoms with Gasteiger partial charge in [-0.1, -0.05) is 6.92 Å². The zero-order valence-electron chi connectivity index (χ0n) is 9.63. The molecule has 94 valence electrons. The van der Waals surface area contributed by atoms with Gasteiger partial charge in [0.15, 0.2) is 0 Å². The van der Waals surface area contributed by atoms with Gasteiger partial charge in [0.1, 0.15) is 6.23 Å². The fraction of sp³-hybridized carbons (Fsp3) is 0.636. The quantitative estimate of drug-likeness (QED) is 0.769. The number of aliphatic hydroxyl groups excluding tert-OH is 1. The lowest BCUT2D eigenvalue weighted by Crippen LogP contribution is -2.33. The largest absolute Gasteiger partial charge is 0.396 e. The Balaban J connectivity index is 2.23. The summed E-state index contributed by atoms with van der Waals surface area (Å²) in [6.07, 6.45) is 2.43. The molecule has 17 heavy (non-hydrogen) atoms. The predicted molar refractivity (Wildman–Crippen MR) is 60.7 cm³/mol. The maximum absolute atomic E-state index is 11.6. The van der Waals surface area contributed by atoms with Crippen molar-refractivity contribution in [3.63, 3.8) is 0 Å². The molecule has 2 rings (SSSR count). The molecular weight excluding hydrogens is 224 g/mol. The number of rotatable bonds is 3. The topological polar surface area (TPSA) is 84.3 Å². The van der Waals surface area contributed by atoms with Crippen molar-refractivity contribution < 1.29 is 9.84 Å². The van der Waals surface area contributed by atoms with Gasteiger partial charge in [-0.3, -0.25) is 14.3 Å². The monoisotopic (exact) mass is 240 g/mol. The number of nitrogens with zero attached hydrogens (tertiary/aromatic N) is 1. The van der Waals surface area contributed by atoms with Crippen molar-refractivity contribution >= 4 is 0 Å². The van der Waals surface area contributed by atoms with E-state index in [1.165, 1.54) is 16.8 Å². The highest BCUT2D eigenvalue weighted by Gasteiger charge is 2.33. The number of H-pyrrole nitrogens is 1. The number of ether oxygens (including phenoxy) is 1. The molecule has 1 saturated heterocycles. The van der Waals surface area contributed by atoms with E-state index in [4.69, 9.17) is 9.84 Å². The van der Waals surface area contributed by atoms with E-state index < -0.39 is 11.2 Å². The van der Waals surface area contributed by atoms with Gasteiger partial charge in [0.2, 0.25) is 0 Å². The van der Waals surface area contributed by atoms with Crippen LogP contribution in [0.15, 0.2) is 21.9 Å². The standard InChI is InChI=1S/C11H16N2O4/c1-7-6-8(3-5-14)17-10(7)13-4-2-9(15)12-11(13)16/h2,4,7-8,10,14H,3,5-6H2,1H3,(H,12,15,16). The van der Waals surface area contributed by atoms with Crippen LogP contribution in [0.25, 0.3) is 0 Å². The third kappa shape index (κ3) is 2.48. The van der Waals surface area contributed by atoms with Crippen molar-refractivity contribution in [1.82, 2.24) is 9.55 Å². The fourth-order valence-electron chi connectivity index (χ4n) is 2.22. The van der Waals surface area contributed by atoms with E-state index in [0.29, 0.717) is 6.42 Å². The molecule has 3 unspecified atom stereocenters. The Kier molecular flexibility index (Phi) is 3.44. The molecule has 0 spiro atoms. The molecule has 1 aromatic rings. The Labute approximate surface area is 97.9 Å². The number of nitrogens with one attached hydrogen (secondary N) is 1. The molecule has 0 bridgehead atoms. The van der Waals surface area contributed by atoms with Gasteiger partial charge in [-0.2, -0.15) is 0 Å². The van der Waals surface area contributed by atoms with Gasteiger partial charge in [-0.15, -0.1) is 0 Å². The van der Waals surface area contributed by atoms with Gasteiger partial charge in [-0.25, -0.2) is 4.79 Å². The van der Waals surface area contributed by atoms with Crippen molar-refractivity contribution in [2.24, 2.45) is 5.92 Å². The summed E-state index contributed by atoms with van der Waals surface area (Å²) in [4.78, 5) is 24.8. The van der Waals surface area contributed by atoms with Crippen LogP contribution in [-0.4, -0.2) is 27.4 Å². The van der Waals surface area contributed by atoms with Crippen LogP contribution >= 0.6 is 0 Å². The van der Waals surface area contributed by atoms with Crippen molar-refractivity contribution in [2.75, 3.05) is 6.61 Å². The Hall–Kier alpha value is -1.40. The molecule has 1 aromatic heterocycles. The van der Waals surface area contributed by atoms with Gasteiger partial charge in [0.25, 0.3) is 5.56 Å². The van der Waals surface area contributed by atoms with E-state index in [1.54, 1.807) is 0 Å². The summed E-state index contributed by atoms with van der Waals surface area (Å²) in [5.74, 6) is 0.176. The van der Waals surface area contributed by atoms with Crippen LogP contribution in [0.5, 0.6) is 0 Å². The van der Waals surface area contributed by atoms with Crippen molar-refractivity contribution in [3.8, 4) is 0 Å². The Morgan fingerprint density at radius 1 is 1.59 bits per heavy atom. The first kappa shape index (κ1) is 12.1. The zero-order chi connectivity index (χ0) is 12.4. The average Bonchev–Trinajstić information content (AvgIpc) is 2.60. The number of aliphatic hydroxyl groups is 1. The molecule has 1 aliphatic heterocycles. The zero-order valence-corrected chi connectivity index (χ0v) is 9.63. The molecule has 6 nitrogen and oxygen atoms in total. The third-order valence-electron chi connectivity index (χ3n) is 3.03. The van der Waals surface area contributed by atoms with Gasteiger partial charge in [0, 0.05) is 24.8 Å². The molecule has 2 N–H and O–H groups in total. The fourth-order valence-corrected chi connectivity index (χ4v) is 2.22. The van der Waals surface area contributed by atoms with E-state index in [0.717, 1.165) is 6.42 Å². The minimum atomic E-state index is -0.459. The molecule has 0 aliphatic carbocycles. The van der Waals surface area contributed by atoms with Crippen LogP contribution in [0, 0.1) is 5.92 Å². The summed E-state index contributed by atoms with van der Waals surface area (Å²) < 4.78 is 7.09. The molecule has 1 fully saturated rings. The van der Waals surface area contributed by atoms with Gasteiger partial charge >= 0.3 is 5.69 Å². The Morgan fingerprint density at radius 2 is 2.35 bits per heavy atom. The number of hydrogen-bond donors (Lipinski definition) is 2.